The predicted octanol–water partition coefficient (Wildman–Crippen LogP) is 3.93. The molecular formula is C18H27NO3S. The maximum atomic E-state index is 12.5. The zero-order valence-corrected chi connectivity index (χ0v) is 15.0. The van der Waals surface area contributed by atoms with Gasteiger partial charge in [-0.3, -0.25) is 9.59 Å². The van der Waals surface area contributed by atoms with E-state index < -0.39 is 5.97 Å². The molecule has 0 spiro atoms. The molecule has 1 atom stereocenters. The normalized spacial score (nSPS) is 18.2. The second-order valence-corrected chi connectivity index (χ2v) is 7.92. The molecule has 1 amide bonds. The van der Waals surface area contributed by atoms with Crippen molar-refractivity contribution >= 4 is 23.2 Å². The highest BCUT2D eigenvalue weighted by atomic mass is 32.1. The average Bonchev–Trinajstić information content (AvgIpc) is 2.83. The van der Waals surface area contributed by atoms with Crippen LogP contribution in [0.1, 0.15) is 60.3 Å². The molecule has 0 aliphatic carbocycles. The molecule has 1 unspecified atom stereocenters. The van der Waals surface area contributed by atoms with E-state index in [9.17, 15) is 9.59 Å². The zero-order chi connectivity index (χ0) is 16.8. The van der Waals surface area contributed by atoms with Crippen molar-refractivity contribution in [3.8, 4) is 0 Å². The number of amides is 1. The van der Waals surface area contributed by atoms with E-state index in [0.29, 0.717) is 12.8 Å². The van der Waals surface area contributed by atoms with Crippen molar-refractivity contribution in [2.75, 3.05) is 6.54 Å². The highest BCUT2D eigenvalue weighted by molar-refractivity contribution is 7.12. The standard InChI is InChI=1S/C18H27NO3S/c1-13-12-15(14(2)23-13)6-5-8-17(20)19-11-4-3-7-16(19)9-10-18(21)22/h12,16H,3-11H2,1-2H3,(H,21,22). The van der Waals surface area contributed by atoms with Gasteiger partial charge in [-0.1, -0.05) is 0 Å². The van der Waals surface area contributed by atoms with Crippen molar-refractivity contribution in [1.82, 2.24) is 4.90 Å². The van der Waals surface area contributed by atoms with Gasteiger partial charge in [-0.15, -0.1) is 11.3 Å². The topological polar surface area (TPSA) is 57.6 Å². The van der Waals surface area contributed by atoms with Crippen LogP contribution in [0.15, 0.2) is 6.07 Å². The Morgan fingerprint density at radius 1 is 1.30 bits per heavy atom. The van der Waals surface area contributed by atoms with Gasteiger partial charge in [-0.05, 0) is 64.0 Å². The number of nitrogens with zero attached hydrogens (tertiary/aromatic N) is 1. The van der Waals surface area contributed by atoms with E-state index in [1.807, 2.05) is 16.2 Å². The van der Waals surface area contributed by atoms with Crippen molar-refractivity contribution in [2.24, 2.45) is 0 Å². The Balaban J connectivity index is 1.82. The molecular weight excluding hydrogens is 310 g/mol. The molecule has 128 valence electrons. The van der Waals surface area contributed by atoms with E-state index in [1.165, 1.54) is 15.3 Å². The fourth-order valence-electron chi connectivity index (χ4n) is 3.42. The number of hydrogen-bond donors (Lipinski definition) is 1. The number of carbonyl (C=O) groups excluding carboxylic acids is 1. The minimum Gasteiger partial charge on any atom is -0.481 e. The minimum atomic E-state index is -0.772. The molecule has 0 bridgehead atoms. The number of hydrogen-bond acceptors (Lipinski definition) is 3. The molecule has 1 aromatic rings. The molecule has 1 saturated heterocycles. The van der Waals surface area contributed by atoms with Gasteiger partial charge in [-0.25, -0.2) is 0 Å². The van der Waals surface area contributed by atoms with Gasteiger partial charge in [0.25, 0.3) is 0 Å². The summed E-state index contributed by atoms with van der Waals surface area (Å²) < 4.78 is 0. The molecule has 1 fully saturated rings. The summed E-state index contributed by atoms with van der Waals surface area (Å²) in [6.07, 6.45) is 6.22. The molecule has 0 radical (unpaired) electrons. The van der Waals surface area contributed by atoms with Crippen LogP contribution in [0.3, 0.4) is 0 Å². The Morgan fingerprint density at radius 2 is 2.09 bits per heavy atom. The Morgan fingerprint density at radius 3 is 2.74 bits per heavy atom. The monoisotopic (exact) mass is 337 g/mol. The maximum absolute atomic E-state index is 12.5. The van der Waals surface area contributed by atoms with Crippen molar-refractivity contribution in [3.05, 3.63) is 21.4 Å². The zero-order valence-electron chi connectivity index (χ0n) is 14.1. The van der Waals surface area contributed by atoms with Crippen LogP contribution in [0.5, 0.6) is 0 Å². The van der Waals surface area contributed by atoms with Gasteiger partial charge < -0.3 is 10.0 Å². The number of aliphatic carboxylic acids is 1. The molecule has 0 saturated carbocycles. The predicted molar refractivity (Wildman–Crippen MR) is 93.0 cm³/mol. The van der Waals surface area contributed by atoms with Gasteiger partial charge in [-0.2, -0.15) is 0 Å². The molecule has 0 aromatic carbocycles. The van der Waals surface area contributed by atoms with Crippen molar-refractivity contribution in [3.63, 3.8) is 0 Å². The fourth-order valence-corrected chi connectivity index (χ4v) is 4.40. The van der Waals surface area contributed by atoms with Gasteiger partial charge in [0, 0.05) is 35.2 Å². The van der Waals surface area contributed by atoms with Crippen LogP contribution in [-0.2, 0) is 16.0 Å². The Kier molecular flexibility index (Phi) is 6.63. The Bertz CT molecular complexity index is 552. The van der Waals surface area contributed by atoms with E-state index in [1.54, 1.807) is 0 Å². The molecule has 2 heterocycles. The lowest BCUT2D eigenvalue weighted by Crippen LogP contribution is -2.43. The molecule has 1 aromatic heterocycles. The number of likely N-dealkylation sites (tertiary alicyclic amines) is 1. The molecule has 2 rings (SSSR count). The number of carbonyl (C=O) groups is 2. The first-order chi connectivity index (χ1) is 11.0. The highest BCUT2D eigenvalue weighted by Gasteiger charge is 2.26. The van der Waals surface area contributed by atoms with Gasteiger partial charge in [0.2, 0.25) is 5.91 Å². The molecule has 1 aliphatic rings. The first kappa shape index (κ1) is 18.0. The van der Waals surface area contributed by atoms with Gasteiger partial charge in [0.15, 0.2) is 0 Å². The van der Waals surface area contributed by atoms with E-state index >= 15 is 0 Å². The molecule has 23 heavy (non-hydrogen) atoms. The van der Waals surface area contributed by atoms with Crippen molar-refractivity contribution in [2.45, 2.75) is 71.3 Å². The summed E-state index contributed by atoms with van der Waals surface area (Å²) in [5.74, 6) is -0.573. The van der Waals surface area contributed by atoms with Crippen LogP contribution in [0.4, 0.5) is 0 Å². The first-order valence-electron chi connectivity index (χ1n) is 8.54. The highest BCUT2D eigenvalue weighted by Crippen LogP contribution is 2.24. The molecule has 1 N–H and O–H groups in total. The van der Waals surface area contributed by atoms with Gasteiger partial charge in [0.1, 0.15) is 0 Å². The number of piperidine rings is 1. The van der Waals surface area contributed by atoms with Crippen LogP contribution in [0.2, 0.25) is 0 Å². The van der Waals surface area contributed by atoms with Crippen LogP contribution in [0.25, 0.3) is 0 Å². The summed E-state index contributed by atoms with van der Waals surface area (Å²) in [7, 11) is 0. The number of carboxylic acid groups (broad SMARTS) is 1. The fraction of sp³-hybridized carbons (Fsp3) is 0.667. The van der Waals surface area contributed by atoms with E-state index in [0.717, 1.165) is 38.6 Å². The molecule has 1 aliphatic heterocycles. The van der Waals surface area contributed by atoms with Crippen LogP contribution < -0.4 is 0 Å². The summed E-state index contributed by atoms with van der Waals surface area (Å²) in [6, 6.07) is 2.35. The SMILES string of the molecule is Cc1cc(CCCC(=O)N2CCCCC2CCC(=O)O)c(C)s1. The van der Waals surface area contributed by atoms with E-state index in [4.69, 9.17) is 5.11 Å². The van der Waals surface area contributed by atoms with Crippen LogP contribution >= 0.6 is 11.3 Å². The smallest absolute Gasteiger partial charge is 0.303 e. The lowest BCUT2D eigenvalue weighted by molar-refractivity contribution is -0.140. The number of carboxylic acids is 1. The Hall–Kier alpha value is -1.36. The van der Waals surface area contributed by atoms with Crippen LogP contribution in [0, 0.1) is 13.8 Å². The van der Waals surface area contributed by atoms with Gasteiger partial charge in [0.05, 0.1) is 0 Å². The van der Waals surface area contributed by atoms with Crippen molar-refractivity contribution in [1.29, 1.82) is 0 Å². The minimum absolute atomic E-state index is 0.123. The number of thiophene rings is 1. The average molecular weight is 337 g/mol. The third kappa shape index (κ3) is 5.34. The first-order valence-corrected chi connectivity index (χ1v) is 9.36. The summed E-state index contributed by atoms with van der Waals surface area (Å²) in [4.78, 5) is 27.9. The lowest BCUT2D eigenvalue weighted by Gasteiger charge is -2.35. The largest absolute Gasteiger partial charge is 0.481 e. The van der Waals surface area contributed by atoms with E-state index in [2.05, 4.69) is 19.9 Å². The third-order valence-corrected chi connectivity index (χ3v) is 5.63. The Labute approximate surface area is 142 Å². The second kappa shape index (κ2) is 8.48. The van der Waals surface area contributed by atoms with E-state index in [-0.39, 0.29) is 18.4 Å². The summed E-state index contributed by atoms with van der Waals surface area (Å²) in [5, 5.41) is 8.86. The van der Waals surface area contributed by atoms with Crippen LogP contribution in [-0.4, -0.2) is 34.5 Å². The van der Waals surface area contributed by atoms with Gasteiger partial charge >= 0.3 is 5.97 Å². The summed E-state index contributed by atoms with van der Waals surface area (Å²) in [5.41, 5.74) is 1.36. The second-order valence-electron chi connectivity index (χ2n) is 6.46. The number of aryl methyl sites for hydroxylation is 3. The summed E-state index contributed by atoms with van der Waals surface area (Å²) >= 11 is 1.81. The summed E-state index contributed by atoms with van der Waals surface area (Å²) in [6.45, 7) is 5.05. The molecule has 4 nitrogen and oxygen atoms in total. The lowest BCUT2D eigenvalue weighted by atomic mass is 9.97. The molecule has 5 heteroatoms. The number of rotatable bonds is 7. The quantitative estimate of drug-likeness (QED) is 0.820. The third-order valence-electron chi connectivity index (χ3n) is 4.62. The van der Waals surface area contributed by atoms with Crippen molar-refractivity contribution < 1.29 is 14.7 Å². The maximum Gasteiger partial charge on any atom is 0.303 e.